The first kappa shape index (κ1) is 15.0. The SMILES string of the molecule is S=NNc1cccc(-c2ccccc2N=Nc2ccccc2)c1. The summed E-state index contributed by atoms with van der Waals surface area (Å²) in [7, 11) is 0. The summed E-state index contributed by atoms with van der Waals surface area (Å²) in [4.78, 5) is 0. The zero-order valence-corrected chi connectivity index (χ0v) is 13.1. The molecule has 0 saturated heterocycles. The van der Waals surface area contributed by atoms with Crippen LogP contribution in [0.4, 0.5) is 17.1 Å². The number of rotatable bonds is 5. The Bertz CT molecular complexity index is 831. The molecule has 0 saturated carbocycles. The van der Waals surface area contributed by atoms with Crippen LogP contribution in [0, 0.1) is 0 Å². The first-order valence-electron chi connectivity index (χ1n) is 7.11. The van der Waals surface area contributed by atoms with E-state index in [1.165, 1.54) is 0 Å². The maximum absolute atomic E-state index is 4.60. The highest BCUT2D eigenvalue weighted by atomic mass is 32.1. The molecule has 0 aliphatic rings. The molecule has 5 heteroatoms. The van der Waals surface area contributed by atoms with Gasteiger partial charge < -0.3 is 0 Å². The summed E-state index contributed by atoms with van der Waals surface area (Å²) < 4.78 is 3.53. The van der Waals surface area contributed by atoms with E-state index in [0.29, 0.717) is 0 Å². The van der Waals surface area contributed by atoms with E-state index in [0.717, 1.165) is 28.2 Å². The highest BCUT2D eigenvalue weighted by molar-refractivity contribution is 7.47. The fourth-order valence-corrected chi connectivity index (χ4v) is 2.33. The van der Waals surface area contributed by atoms with Crippen molar-refractivity contribution in [2.24, 2.45) is 14.7 Å². The van der Waals surface area contributed by atoms with Crippen LogP contribution in [0.3, 0.4) is 0 Å². The van der Waals surface area contributed by atoms with Crippen molar-refractivity contribution in [2.45, 2.75) is 0 Å². The van der Waals surface area contributed by atoms with Crippen LogP contribution in [-0.2, 0) is 12.4 Å². The summed E-state index contributed by atoms with van der Waals surface area (Å²) in [5.41, 5.74) is 7.28. The summed E-state index contributed by atoms with van der Waals surface area (Å²) in [5.74, 6) is 0. The molecule has 3 rings (SSSR count). The van der Waals surface area contributed by atoms with Crippen LogP contribution in [0.15, 0.2) is 93.6 Å². The molecule has 0 fully saturated rings. The van der Waals surface area contributed by atoms with Crippen molar-refractivity contribution in [3.63, 3.8) is 0 Å². The van der Waals surface area contributed by atoms with E-state index in [-0.39, 0.29) is 0 Å². The first-order chi connectivity index (χ1) is 11.4. The quantitative estimate of drug-likeness (QED) is 0.475. The fourth-order valence-electron chi connectivity index (χ4n) is 2.22. The lowest BCUT2D eigenvalue weighted by atomic mass is 10.0. The zero-order chi connectivity index (χ0) is 15.9. The zero-order valence-electron chi connectivity index (χ0n) is 12.3. The van der Waals surface area contributed by atoms with Gasteiger partial charge in [-0.25, -0.2) is 0 Å². The van der Waals surface area contributed by atoms with Gasteiger partial charge in [0.1, 0.15) is 0 Å². The second-order valence-corrected chi connectivity index (χ2v) is 5.02. The Kier molecular flexibility index (Phi) is 4.81. The number of benzene rings is 3. The molecule has 0 amide bonds. The number of nitrogens with zero attached hydrogens (tertiary/aromatic N) is 3. The molecule has 0 aromatic heterocycles. The Morgan fingerprint density at radius 2 is 1.52 bits per heavy atom. The Labute approximate surface area is 140 Å². The van der Waals surface area contributed by atoms with Crippen LogP contribution >= 0.6 is 0 Å². The molecule has 1 N–H and O–H groups in total. The number of hydrogen-bond acceptors (Lipinski definition) is 4. The van der Waals surface area contributed by atoms with Crippen molar-refractivity contribution >= 4 is 29.5 Å². The van der Waals surface area contributed by atoms with Gasteiger partial charge in [0.2, 0.25) is 0 Å². The molecule has 0 atom stereocenters. The third-order valence-electron chi connectivity index (χ3n) is 3.28. The third-order valence-corrected chi connectivity index (χ3v) is 3.37. The summed E-state index contributed by atoms with van der Waals surface area (Å²) >= 11 is 4.60. The van der Waals surface area contributed by atoms with E-state index in [9.17, 15) is 0 Å². The van der Waals surface area contributed by atoms with Crippen LogP contribution in [0.5, 0.6) is 0 Å². The normalized spacial score (nSPS) is 10.6. The second kappa shape index (κ2) is 7.38. The molecule has 0 aliphatic carbocycles. The lowest BCUT2D eigenvalue weighted by molar-refractivity contribution is 1.23. The van der Waals surface area contributed by atoms with E-state index in [2.05, 4.69) is 32.6 Å². The monoisotopic (exact) mass is 318 g/mol. The van der Waals surface area contributed by atoms with Crippen LogP contribution < -0.4 is 5.43 Å². The van der Waals surface area contributed by atoms with Gasteiger partial charge >= 0.3 is 0 Å². The van der Waals surface area contributed by atoms with Gasteiger partial charge in [0.05, 0.1) is 29.5 Å². The Morgan fingerprint density at radius 1 is 0.739 bits per heavy atom. The molecular formula is C18H14N4S. The standard InChI is InChI=1S/C18H14N4S/c23-22-20-16-10-6-7-14(13-16)17-11-4-5-12-18(17)21-19-15-8-2-1-3-9-15/h1-13H,(H,20,23). The maximum Gasteiger partial charge on any atom is 0.0935 e. The van der Waals surface area contributed by atoms with E-state index >= 15 is 0 Å². The Balaban J connectivity index is 1.96. The van der Waals surface area contributed by atoms with Crippen molar-refractivity contribution < 1.29 is 0 Å². The molecule has 0 heterocycles. The summed E-state index contributed by atoms with van der Waals surface area (Å²) in [5, 5.41) is 8.68. The van der Waals surface area contributed by atoms with Gasteiger partial charge in [0.25, 0.3) is 0 Å². The predicted molar refractivity (Wildman–Crippen MR) is 95.9 cm³/mol. The highest BCUT2D eigenvalue weighted by Gasteiger charge is 2.05. The minimum Gasteiger partial charge on any atom is -0.267 e. The summed E-state index contributed by atoms with van der Waals surface area (Å²) in [6.07, 6.45) is 0. The van der Waals surface area contributed by atoms with Gasteiger partial charge in [-0.05, 0) is 35.9 Å². The smallest absolute Gasteiger partial charge is 0.0935 e. The van der Waals surface area contributed by atoms with Crippen LogP contribution in [0.2, 0.25) is 0 Å². The van der Waals surface area contributed by atoms with E-state index in [4.69, 9.17) is 0 Å². The molecule has 112 valence electrons. The first-order valence-corrected chi connectivity index (χ1v) is 7.48. The van der Waals surface area contributed by atoms with Gasteiger partial charge in [-0.1, -0.05) is 48.5 Å². The largest absolute Gasteiger partial charge is 0.267 e. The highest BCUT2D eigenvalue weighted by Crippen LogP contribution is 2.32. The average Bonchev–Trinajstić information content (AvgIpc) is 2.62. The molecule has 3 aromatic rings. The van der Waals surface area contributed by atoms with Gasteiger partial charge in [0, 0.05) is 5.56 Å². The van der Waals surface area contributed by atoms with Crippen molar-refractivity contribution in [1.29, 1.82) is 0 Å². The van der Waals surface area contributed by atoms with E-state index in [1.54, 1.807) is 0 Å². The van der Waals surface area contributed by atoms with E-state index < -0.39 is 0 Å². The van der Waals surface area contributed by atoms with E-state index in [1.807, 2.05) is 78.9 Å². The number of nitrogens with one attached hydrogen (secondary N) is 1. The fraction of sp³-hybridized carbons (Fsp3) is 0. The van der Waals surface area contributed by atoms with Gasteiger partial charge in [0.15, 0.2) is 0 Å². The Morgan fingerprint density at radius 3 is 2.35 bits per heavy atom. The van der Waals surface area contributed by atoms with Crippen molar-refractivity contribution in [3.05, 3.63) is 78.9 Å². The minimum atomic E-state index is 0.809. The maximum atomic E-state index is 4.60. The van der Waals surface area contributed by atoms with Crippen LogP contribution in [0.1, 0.15) is 0 Å². The van der Waals surface area contributed by atoms with Crippen LogP contribution in [0.25, 0.3) is 11.1 Å². The van der Waals surface area contributed by atoms with Gasteiger partial charge in [-0.2, -0.15) is 5.11 Å². The number of hydrogen-bond donors (Lipinski definition) is 1. The van der Waals surface area contributed by atoms with Crippen molar-refractivity contribution in [1.82, 2.24) is 0 Å². The molecule has 0 aliphatic heterocycles. The molecule has 0 spiro atoms. The minimum absolute atomic E-state index is 0.809. The summed E-state index contributed by atoms with van der Waals surface area (Å²) in [6.45, 7) is 0. The average molecular weight is 318 g/mol. The molecular weight excluding hydrogens is 304 g/mol. The topological polar surface area (TPSA) is 49.1 Å². The van der Waals surface area contributed by atoms with Crippen LogP contribution in [-0.4, -0.2) is 0 Å². The van der Waals surface area contributed by atoms with Crippen molar-refractivity contribution in [3.8, 4) is 11.1 Å². The van der Waals surface area contributed by atoms with Crippen molar-refractivity contribution in [2.75, 3.05) is 5.43 Å². The second-order valence-electron chi connectivity index (χ2n) is 4.84. The molecule has 0 bridgehead atoms. The van der Waals surface area contributed by atoms with Gasteiger partial charge in [-0.3, -0.25) is 5.43 Å². The van der Waals surface area contributed by atoms with Gasteiger partial charge in [-0.15, -0.1) is 9.59 Å². The third kappa shape index (κ3) is 3.84. The lowest BCUT2D eigenvalue weighted by Crippen LogP contribution is -1.86. The molecule has 0 radical (unpaired) electrons. The molecule has 4 nitrogen and oxygen atoms in total. The number of anilines is 1. The lowest BCUT2D eigenvalue weighted by Gasteiger charge is -2.07. The molecule has 0 unspecified atom stereocenters. The predicted octanol–water partition coefficient (Wildman–Crippen LogP) is 5.83. The Hall–Kier alpha value is -2.92. The molecule has 3 aromatic carbocycles. The molecule has 23 heavy (non-hydrogen) atoms. The summed E-state index contributed by atoms with van der Waals surface area (Å²) in [6, 6.07) is 25.4. The number of azo groups is 1.